The number of hydrogen-bond donors (Lipinski definition) is 1. The fourth-order valence-corrected chi connectivity index (χ4v) is 1.76. The Morgan fingerprint density at radius 1 is 1.25 bits per heavy atom. The van der Waals surface area contributed by atoms with Crippen molar-refractivity contribution < 1.29 is 9.13 Å². The summed E-state index contributed by atoms with van der Waals surface area (Å²) in [6.45, 7) is 4.85. The van der Waals surface area contributed by atoms with E-state index >= 15 is 0 Å². The molecule has 0 atom stereocenters. The molecule has 0 unspecified atom stereocenters. The second-order valence-corrected chi connectivity index (χ2v) is 5.22. The molecular formula is C15H16ClFN2O. The zero-order valence-electron chi connectivity index (χ0n) is 11.4. The minimum Gasteiger partial charge on any atom is -0.457 e. The molecule has 106 valence electrons. The number of nitrogens with zero attached hydrogens (tertiary/aromatic N) is 1. The summed E-state index contributed by atoms with van der Waals surface area (Å²) in [7, 11) is 0. The lowest BCUT2D eigenvalue weighted by atomic mass is 10.2. The zero-order valence-corrected chi connectivity index (χ0v) is 12.1. The van der Waals surface area contributed by atoms with E-state index in [-0.39, 0.29) is 5.82 Å². The van der Waals surface area contributed by atoms with Crippen LogP contribution in [0.3, 0.4) is 0 Å². The fraction of sp³-hybridized carbons (Fsp3) is 0.267. The summed E-state index contributed by atoms with van der Waals surface area (Å²) in [6.07, 6.45) is 1.53. The van der Waals surface area contributed by atoms with E-state index < -0.39 is 0 Å². The SMILES string of the molecule is CC(C)CNc1ccc(Oc2ccnc(Cl)c2)cc1F. The molecule has 3 nitrogen and oxygen atoms in total. The van der Waals surface area contributed by atoms with Crippen LogP contribution in [0.25, 0.3) is 0 Å². The molecule has 1 heterocycles. The lowest BCUT2D eigenvalue weighted by molar-refractivity contribution is 0.476. The van der Waals surface area contributed by atoms with Crippen LogP contribution in [0, 0.1) is 11.7 Å². The molecule has 20 heavy (non-hydrogen) atoms. The number of ether oxygens (including phenoxy) is 1. The molecule has 0 amide bonds. The Labute approximate surface area is 122 Å². The van der Waals surface area contributed by atoms with Crippen molar-refractivity contribution in [3.8, 4) is 11.5 Å². The molecule has 0 aliphatic rings. The number of anilines is 1. The van der Waals surface area contributed by atoms with E-state index in [9.17, 15) is 4.39 Å². The molecule has 1 aromatic heterocycles. The van der Waals surface area contributed by atoms with Gasteiger partial charge in [0, 0.05) is 24.9 Å². The smallest absolute Gasteiger partial charge is 0.149 e. The lowest BCUT2D eigenvalue weighted by Gasteiger charge is -2.11. The lowest BCUT2D eigenvalue weighted by Crippen LogP contribution is -2.09. The van der Waals surface area contributed by atoms with Crippen LogP contribution in [-0.4, -0.2) is 11.5 Å². The van der Waals surface area contributed by atoms with Gasteiger partial charge in [0.15, 0.2) is 0 Å². The van der Waals surface area contributed by atoms with Crippen molar-refractivity contribution >= 4 is 17.3 Å². The summed E-state index contributed by atoms with van der Waals surface area (Å²) in [5.74, 6) is 1.04. The predicted octanol–water partition coefficient (Wildman–Crippen LogP) is 4.73. The normalized spacial score (nSPS) is 10.7. The van der Waals surface area contributed by atoms with Crippen molar-refractivity contribution in [2.75, 3.05) is 11.9 Å². The third kappa shape index (κ3) is 4.10. The quantitative estimate of drug-likeness (QED) is 0.809. The average Bonchev–Trinajstić information content (AvgIpc) is 2.37. The van der Waals surface area contributed by atoms with E-state index in [1.165, 1.54) is 12.3 Å². The highest BCUT2D eigenvalue weighted by Crippen LogP contribution is 2.26. The summed E-state index contributed by atoms with van der Waals surface area (Å²) in [5, 5.41) is 3.38. The zero-order chi connectivity index (χ0) is 14.5. The molecule has 5 heteroatoms. The van der Waals surface area contributed by atoms with Gasteiger partial charge in [0.2, 0.25) is 0 Å². The molecule has 0 radical (unpaired) electrons. The third-order valence-corrected chi connectivity index (χ3v) is 2.78. The van der Waals surface area contributed by atoms with Crippen molar-refractivity contribution in [2.45, 2.75) is 13.8 Å². The van der Waals surface area contributed by atoms with Gasteiger partial charge >= 0.3 is 0 Å². The van der Waals surface area contributed by atoms with E-state index in [2.05, 4.69) is 24.1 Å². The monoisotopic (exact) mass is 294 g/mol. The van der Waals surface area contributed by atoms with Crippen LogP contribution < -0.4 is 10.1 Å². The van der Waals surface area contributed by atoms with E-state index in [0.29, 0.717) is 28.3 Å². The van der Waals surface area contributed by atoms with Gasteiger partial charge in [-0.1, -0.05) is 25.4 Å². The Kier molecular flexibility index (Phi) is 4.79. The van der Waals surface area contributed by atoms with Crippen molar-refractivity contribution in [1.82, 2.24) is 4.98 Å². The number of aromatic nitrogens is 1. The molecule has 1 aromatic carbocycles. The van der Waals surface area contributed by atoms with Crippen molar-refractivity contribution in [1.29, 1.82) is 0 Å². The predicted molar refractivity (Wildman–Crippen MR) is 79.0 cm³/mol. The van der Waals surface area contributed by atoms with Gasteiger partial charge in [0.1, 0.15) is 22.5 Å². The molecular weight excluding hydrogens is 279 g/mol. The molecule has 0 aliphatic carbocycles. The summed E-state index contributed by atoms with van der Waals surface area (Å²) < 4.78 is 19.4. The van der Waals surface area contributed by atoms with Gasteiger partial charge in [-0.25, -0.2) is 9.37 Å². The van der Waals surface area contributed by atoms with Gasteiger partial charge < -0.3 is 10.1 Å². The molecule has 0 fully saturated rings. The standard InChI is InChI=1S/C15H16ClFN2O/c1-10(2)9-19-14-4-3-11(7-13(14)17)20-12-5-6-18-15(16)8-12/h3-8,10,19H,9H2,1-2H3. The molecule has 2 aromatic rings. The van der Waals surface area contributed by atoms with Crippen molar-refractivity contribution in [2.24, 2.45) is 5.92 Å². The van der Waals surface area contributed by atoms with E-state index in [0.717, 1.165) is 6.54 Å². The molecule has 0 saturated carbocycles. The van der Waals surface area contributed by atoms with Gasteiger partial charge in [0.25, 0.3) is 0 Å². The number of benzene rings is 1. The van der Waals surface area contributed by atoms with Crippen LogP contribution in [0.5, 0.6) is 11.5 Å². The van der Waals surface area contributed by atoms with E-state index in [4.69, 9.17) is 16.3 Å². The maximum Gasteiger partial charge on any atom is 0.149 e. The second-order valence-electron chi connectivity index (χ2n) is 4.83. The first-order valence-corrected chi connectivity index (χ1v) is 6.75. The van der Waals surface area contributed by atoms with E-state index in [1.807, 2.05) is 0 Å². The van der Waals surface area contributed by atoms with Gasteiger partial charge in [-0.05, 0) is 24.1 Å². The van der Waals surface area contributed by atoms with Crippen LogP contribution in [0.15, 0.2) is 36.5 Å². The Bertz CT molecular complexity index is 590. The Hall–Kier alpha value is -1.81. The summed E-state index contributed by atoms with van der Waals surface area (Å²) in [5.41, 5.74) is 0.471. The van der Waals surface area contributed by atoms with Crippen LogP contribution in [-0.2, 0) is 0 Å². The number of nitrogens with one attached hydrogen (secondary N) is 1. The molecule has 2 rings (SSSR count). The van der Waals surface area contributed by atoms with Crippen LogP contribution in [0.1, 0.15) is 13.8 Å². The van der Waals surface area contributed by atoms with Crippen LogP contribution in [0.2, 0.25) is 5.15 Å². The Morgan fingerprint density at radius 2 is 2.00 bits per heavy atom. The minimum atomic E-state index is -0.344. The van der Waals surface area contributed by atoms with Gasteiger partial charge in [-0.2, -0.15) is 0 Å². The first-order valence-electron chi connectivity index (χ1n) is 6.37. The van der Waals surface area contributed by atoms with Crippen molar-refractivity contribution in [3.05, 3.63) is 47.5 Å². The molecule has 0 saturated heterocycles. The third-order valence-electron chi connectivity index (χ3n) is 2.58. The minimum absolute atomic E-state index is 0.332. The van der Waals surface area contributed by atoms with E-state index in [1.54, 1.807) is 24.3 Å². The molecule has 1 N–H and O–H groups in total. The Balaban J connectivity index is 2.09. The number of rotatable bonds is 5. The molecule has 0 aliphatic heterocycles. The largest absolute Gasteiger partial charge is 0.457 e. The highest BCUT2D eigenvalue weighted by Gasteiger charge is 2.06. The highest BCUT2D eigenvalue weighted by molar-refractivity contribution is 6.29. The summed E-state index contributed by atoms with van der Waals surface area (Å²) >= 11 is 5.76. The summed E-state index contributed by atoms with van der Waals surface area (Å²) in [4.78, 5) is 3.86. The van der Waals surface area contributed by atoms with Gasteiger partial charge in [0.05, 0.1) is 5.69 Å². The van der Waals surface area contributed by atoms with Crippen molar-refractivity contribution in [3.63, 3.8) is 0 Å². The Morgan fingerprint density at radius 3 is 2.65 bits per heavy atom. The van der Waals surface area contributed by atoms with Gasteiger partial charge in [-0.15, -0.1) is 0 Å². The van der Waals surface area contributed by atoms with Gasteiger partial charge in [-0.3, -0.25) is 0 Å². The highest BCUT2D eigenvalue weighted by atomic mass is 35.5. The fourth-order valence-electron chi connectivity index (χ4n) is 1.60. The topological polar surface area (TPSA) is 34.1 Å². The first kappa shape index (κ1) is 14.6. The average molecular weight is 295 g/mol. The number of halogens is 2. The van der Waals surface area contributed by atoms with Crippen LogP contribution >= 0.6 is 11.6 Å². The van der Waals surface area contributed by atoms with Crippen LogP contribution in [0.4, 0.5) is 10.1 Å². The number of hydrogen-bond acceptors (Lipinski definition) is 3. The molecule has 0 spiro atoms. The second kappa shape index (κ2) is 6.57. The maximum atomic E-state index is 13.9. The molecule has 0 bridgehead atoms. The summed E-state index contributed by atoms with van der Waals surface area (Å²) in [6, 6.07) is 7.95. The maximum absolute atomic E-state index is 13.9. The first-order chi connectivity index (χ1) is 9.54. The number of pyridine rings is 1.